The summed E-state index contributed by atoms with van der Waals surface area (Å²) in [4.78, 5) is 26.9. The Morgan fingerprint density at radius 1 is 1.29 bits per heavy atom. The molecule has 2 heterocycles. The fourth-order valence-corrected chi connectivity index (χ4v) is 3.17. The van der Waals surface area contributed by atoms with E-state index in [1.807, 2.05) is 19.1 Å². The van der Waals surface area contributed by atoms with Crippen LogP contribution in [-0.4, -0.2) is 66.0 Å². The summed E-state index contributed by atoms with van der Waals surface area (Å²) in [6.07, 6.45) is 0.364. The van der Waals surface area contributed by atoms with Gasteiger partial charge in [0.25, 0.3) is 5.91 Å². The minimum atomic E-state index is -1.61. The van der Waals surface area contributed by atoms with Crippen LogP contribution in [0.25, 0.3) is 5.57 Å². The molecule has 0 aromatic heterocycles. The number of aliphatic hydroxyl groups excluding tert-OH is 1. The van der Waals surface area contributed by atoms with Crippen molar-refractivity contribution in [3.8, 4) is 5.75 Å². The first kappa shape index (κ1) is 16.5. The number of ether oxygens (including phenoxy) is 2. The van der Waals surface area contributed by atoms with Crippen LogP contribution in [0.3, 0.4) is 0 Å². The van der Waals surface area contributed by atoms with Crippen molar-refractivity contribution in [1.82, 2.24) is 9.80 Å². The van der Waals surface area contributed by atoms with Gasteiger partial charge in [0.05, 0.1) is 13.2 Å². The highest BCUT2D eigenvalue weighted by molar-refractivity contribution is 6.09. The summed E-state index contributed by atoms with van der Waals surface area (Å²) >= 11 is 0. The van der Waals surface area contributed by atoms with Gasteiger partial charge in [0, 0.05) is 19.7 Å². The van der Waals surface area contributed by atoms with Gasteiger partial charge in [0.15, 0.2) is 6.23 Å². The molecule has 1 aromatic rings. The van der Waals surface area contributed by atoms with E-state index in [1.165, 1.54) is 14.1 Å². The topological polar surface area (TPSA) is 79.3 Å². The molecule has 1 aromatic carbocycles. The maximum atomic E-state index is 12.8. The second-order valence-electron chi connectivity index (χ2n) is 5.75. The number of urea groups is 1. The number of benzene rings is 1. The van der Waals surface area contributed by atoms with Crippen LogP contribution in [-0.2, 0) is 9.53 Å². The van der Waals surface area contributed by atoms with Crippen LogP contribution < -0.4 is 4.74 Å². The van der Waals surface area contributed by atoms with Gasteiger partial charge < -0.3 is 14.6 Å². The highest BCUT2D eigenvalue weighted by atomic mass is 16.5. The standard InChI is InChI=1S/C17H20N2O5/c1-4-23-12-7-5-11(6-8-12)13-9-10-24-17(13)14(20)18(2)16(22)19(3)15(17)21/h5-9,14,20H,4,10H2,1-3H3. The van der Waals surface area contributed by atoms with Crippen LogP contribution in [0.1, 0.15) is 12.5 Å². The number of amides is 3. The number of carbonyl (C=O) groups excluding carboxylic acids is 2. The Kier molecular flexibility index (Phi) is 4.06. The monoisotopic (exact) mass is 332 g/mol. The van der Waals surface area contributed by atoms with E-state index in [2.05, 4.69) is 0 Å². The SMILES string of the molecule is CCOc1ccc(C2=CCOC23C(=O)N(C)C(=O)N(C)C3O)cc1. The first-order valence-corrected chi connectivity index (χ1v) is 7.74. The molecule has 3 rings (SSSR count). The van der Waals surface area contributed by atoms with E-state index >= 15 is 0 Å². The Labute approximate surface area is 140 Å². The Morgan fingerprint density at radius 3 is 2.58 bits per heavy atom. The van der Waals surface area contributed by atoms with Crippen LogP contribution in [0.2, 0.25) is 0 Å². The second-order valence-corrected chi connectivity index (χ2v) is 5.75. The van der Waals surface area contributed by atoms with E-state index in [4.69, 9.17) is 9.47 Å². The Bertz CT molecular complexity index is 699. The van der Waals surface area contributed by atoms with Gasteiger partial charge in [-0.1, -0.05) is 18.2 Å². The van der Waals surface area contributed by atoms with Gasteiger partial charge >= 0.3 is 6.03 Å². The molecular formula is C17H20N2O5. The van der Waals surface area contributed by atoms with E-state index < -0.39 is 23.8 Å². The summed E-state index contributed by atoms with van der Waals surface area (Å²) in [6, 6.07) is 6.64. The number of aliphatic hydroxyl groups is 1. The van der Waals surface area contributed by atoms with Gasteiger partial charge in [-0.15, -0.1) is 0 Å². The Morgan fingerprint density at radius 2 is 1.96 bits per heavy atom. The predicted octanol–water partition coefficient (Wildman–Crippen LogP) is 1.08. The van der Waals surface area contributed by atoms with Crippen LogP contribution >= 0.6 is 0 Å². The predicted molar refractivity (Wildman–Crippen MR) is 86.2 cm³/mol. The molecule has 0 bridgehead atoms. The van der Waals surface area contributed by atoms with E-state index in [-0.39, 0.29) is 6.61 Å². The number of imide groups is 1. The van der Waals surface area contributed by atoms with Crippen molar-refractivity contribution < 1.29 is 24.2 Å². The molecule has 0 saturated carbocycles. The zero-order valence-corrected chi connectivity index (χ0v) is 13.9. The fourth-order valence-electron chi connectivity index (χ4n) is 3.17. The first-order valence-electron chi connectivity index (χ1n) is 7.74. The largest absolute Gasteiger partial charge is 0.494 e. The molecule has 2 aliphatic rings. The molecular weight excluding hydrogens is 312 g/mol. The average molecular weight is 332 g/mol. The highest BCUT2D eigenvalue weighted by Crippen LogP contribution is 2.42. The Balaban J connectivity index is 2.02. The van der Waals surface area contributed by atoms with Crippen LogP contribution in [0.5, 0.6) is 5.75 Å². The molecule has 0 aliphatic carbocycles. The zero-order valence-electron chi connectivity index (χ0n) is 13.9. The molecule has 1 N–H and O–H groups in total. The molecule has 3 amide bonds. The van der Waals surface area contributed by atoms with Gasteiger partial charge in [-0.05, 0) is 24.6 Å². The number of hydrogen-bond donors (Lipinski definition) is 1. The van der Waals surface area contributed by atoms with E-state index in [0.29, 0.717) is 12.2 Å². The minimum absolute atomic E-state index is 0.182. The minimum Gasteiger partial charge on any atom is -0.494 e. The molecule has 0 radical (unpaired) electrons. The van der Waals surface area contributed by atoms with E-state index in [9.17, 15) is 14.7 Å². The lowest BCUT2D eigenvalue weighted by Gasteiger charge is -2.45. The van der Waals surface area contributed by atoms with Gasteiger partial charge in [0.1, 0.15) is 5.75 Å². The normalized spacial score (nSPS) is 27.0. The summed E-state index contributed by atoms with van der Waals surface area (Å²) in [5.41, 5.74) is -0.321. The third kappa shape index (κ3) is 2.20. The summed E-state index contributed by atoms with van der Waals surface area (Å²) in [6.45, 7) is 2.64. The van der Waals surface area contributed by atoms with Crippen LogP contribution in [0, 0.1) is 0 Å². The average Bonchev–Trinajstić information content (AvgIpc) is 3.04. The quantitative estimate of drug-likeness (QED) is 0.896. The number of carbonyl (C=O) groups is 2. The lowest BCUT2D eigenvalue weighted by molar-refractivity contribution is -0.176. The molecule has 7 heteroatoms. The molecule has 1 spiro atoms. The zero-order chi connectivity index (χ0) is 17.5. The maximum Gasteiger partial charge on any atom is 0.328 e. The van der Waals surface area contributed by atoms with Gasteiger partial charge in [-0.25, -0.2) is 4.79 Å². The van der Waals surface area contributed by atoms with Crippen LogP contribution in [0.15, 0.2) is 30.3 Å². The molecule has 2 atom stereocenters. The molecule has 24 heavy (non-hydrogen) atoms. The van der Waals surface area contributed by atoms with Crippen molar-refractivity contribution in [2.45, 2.75) is 18.8 Å². The van der Waals surface area contributed by atoms with E-state index in [1.54, 1.807) is 18.2 Å². The first-order chi connectivity index (χ1) is 11.4. The van der Waals surface area contributed by atoms with Gasteiger partial charge in [-0.3, -0.25) is 14.6 Å². The van der Waals surface area contributed by atoms with Crippen molar-refractivity contribution in [3.05, 3.63) is 35.9 Å². The molecule has 7 nitrogen and oxygen atoms in total. The third-order valence-electron chi connectivity index (χ3n) is 4.42. The van der Waals surface area contributed by atoms with Crippen molar-refractivity contribution in [1.29, 1.82) is 0 Å². The fraction of sp³-hybridized carbons (Fsp3) is 0.412. The molecule has 2 unspecified atom stereocenters. The van der Waals surface area contributed by atoms with Gasteiger partial charge in [0.2, 0.25) is 5.60 Å². The number of likely N-dealkylation sites (N-methyl/N-ethyl adjacent to an activating group) is 2. The van der Waals surface area contributed by atoms with Crippen molar-refractivity contribution >= 4 is 17.5 Å². The van der Waals surface area contributed by atoms with Crippen molar-refractivity contribution in [3.63, 3.8) is 0 Å². The van der Waals surface area contributed by atoms with Crippen molar-refractivity contribution in [2.24, 2.45) is 0 Å². The van der Waals surface area contributed by atoms with Crippen LogP contribution in [0.4, 0.5) is 4.79 Å². The lowest BCUT2D eigenvalue weighted by Crippen LogP contribution is -2.69. The second kappa shape index (κ2) is 5.92. The summed E-state index contributed by atoms with van der Waals surface area (Å²) in [7, 11) is 2.82. The number of hydrogen-bond acceptors (Lipinski definition) is 5. The smallest absolute Gasteiger partial charge is 0.328 e. The summed E-state index contributed by atoms with van der Waals surface area (Å²) < 4.78 is 11.1. The highest BCUT2D eigenvalue weighted by Gasteiger charge is 2.60. The molecule has 2 aliphatic heterocycles. The van der Waals surface area contributed by atoms with Crippen molar-refractivity contribution in [2.75, 3.05) is 27.3 Å². The summed E-state index contributed by atoms with van der Waals surface area (Å²) in [5.74, 6) is 0.144. The molecule has 1 saturated heterocycles. The van der Waals surface area contributed by atoms with Gasteiger partial charge in [-0.2, -0.15) is 0 Å². The summed E-state index contributed by atoms with van der Waals surface area (Å²) in [5, 5.41) is 10.6. The molecule has 128 valence electrons. The maximum absolute atomic E-state index is 12.8. The third-order valence-corrected chi connectivity index (χ3v) is 4.42. The van der Waals surface area contributed by atoms with E-state index in [0.717, 1.165) is 21.1 Å². The number of rotatable bonds is 3. The molecule has 1 fully saturated rings. The lowest BCUT2D eigenvalue weighted by atomic mass is 9.84. The number of nitrogens with zero attached hydrogens (tertiary/aromatic N) is 2. The Hall–Kier alpha value is -2.38.